The summed E-state index contributed by atoms with van der Waals surface area (Å²) in [4.78, 5) is 27.7. The maximum atomic E-state index is 13.7. The van der Waals surface area contributed by atoms with Gasteiger partial charge in [-0.2, -0.15) is 5.26 Å². The second-order valence-corrected chi connectivity index (χ2v) is 14.1. The summed E-state index contributed by atoms with van der Waals surface area (Å²) in [5.41, 5.74) is 8.12. The number of nitrogens with two attached hydrogens (primary N) is 1. The first-order chi connectivity index (χ1) is 19.0. The Balaban J connectivity index is 1.50. The fourth-order valence-electron chi connectivity index (χ4n) is 4.76. The van der Waals surface area contributed by atoms with E-state index in [0.29, 0.717) is 49.3 Å². The van der Waals surface area contributed by atoms with E-state index in [1.807, 2.05) is 13.8 Å². The highest BCUT2D eigenvalue weighted by Crippen LogP contribution is 2.52. The lowest BCUT2D eigenvalue weighted by Crippen LogP contribution is -2.42. The molecule has 5 rings (SSSR count). The average molecular weight is 634 g/mol. The Labute approximate surface area is 252 Å². The Morgan fingerprint density at radius 3 is 2.73 bits per heavy atom. The Hall–Kier alpha value is -3.02. The third-order valence-electron chi connectivity index (χ3n) is 6.36. The third-order valence-corrected chi connectivity index (χ3v) is 9.99. The van der Waals surface area contributed by atoms with Crippen LogP contribution in [0.2, 0.25) is 10.0 Å². The number of allylic oxidation sites excluding steroid dienone is 3. The third kappa shape index (κ3) is 5.46. The lowest BCUT2D eigenvalue weighted by Gasteiger charge is -2.42. The van der Waals surface area contributed by atoms with Crippen molar-refractivity contribution in [1.29, 1.82) is 5.26 Å². The largest absolute Gasteiger partial charge is 0.384 e. The molecule has 0 radical (unpaired) electrons. The van der Waals surface area contributed by atoms with Gasteiger partial charge in [0, 0.05) is 17.7 Å². The molecule has 10 nitrogen and oxygen atoms in total. The molecule has 206 valence electrons. The van der Waals surface area contributed by atoms with E-state index in [4.69, 9.17) is 28.9 Å². The number of carbonyl (C=O) groups is 2. The number of rotatable bonds is 6. The van der Waals surface area contributed by atoms with Gasteiger partial charge in [-0.05, 0) is 30.4 Å². The molecule has 1 aliphatic heterocycles. The van der Waals surface area contributed by atoms with E-state index < -0.39 is 5.92 Å². The number of hydrogen-bond acceptors (Lipinski definition) is 12. The molecular weight excluding hydrogens is 611 g/mol. The molecule has 0 spiro atoms. The van der Waals surface area contributed by atoms with Crippen LogP contribution in [0.25, 0.3) is 0 Å². The quantitative estimate of drug-likeness (QED) is 0.325. The summed E-state index contributed by atoms with van der Waals surface area (Å²) in [6.45, 7) is 5.82. The smallest absolute Gasteiger partial charge is 0.236 e. The van der Waals surface area contributed by atoms with Crippen LogP contribution in [0.15, 0.2) is 45.2 Å². The second kappa shape index (κ2) is 11.1. The van der Waals surface area contributed by atoms with E-state index in [9.17, 15) is 14.9 Å². The van der Waals surface area contributed by atoms with Crippen LogP contribution in [0.4, 0.5) is 10.3 Å². The van der Waals surface area contributed by atoms with Gasteiger partial charge in [0.1, 0.15) is 10.8 Å². The van der Waals surface area contributed by atoms with Gasteiger partial charge >= 0.3 is 0 Å². The summed E-state index contributed by atoms with van der Waals surface area (Å²) in [5.74, 6) is -0.893. The van der Waals surface area contributed by atoms with Crippen LogP contribution < -0.4 is 16.0 Å². The number of nitriles is 1. The van der Waals surface area contributed by atoms with Crippen molar-refractivity contribution in [3.63, 3.8) is 0 Å². The van der Waals surface area contributed by atoms with E-state index >= 15 is 0 Å². The average Bonchev–Trinajstić information content (AvgIpc) is 3.51. The standard InChI is InChI=1S/C25H22Cl2N8O2S3/c1-11-31-32-22(39-11)30-17(37)10-38-24-34-33-23(40-24)35-15-7-25(2,3)8-16(36)19(15)18(13(9-28)21(35)29)12-5-4-6-14(26)20(12)27/h4-6,18H,7-8,10,29H2,1-3H3,(H,30,32,37). The molecule has 0 bridgehead atoms. The summed E-state index contributed by atoms with van der Waals surface area (Å²) >= 11 is 16.6. The molecule has 15 heteroatoms. The highest BCUT2D eigenvalue weighted by Gasteiger charge is 2.46. The van der Waals surface area contributed by atoms with Crippen molar-refractivity contribution in [3.8, 4) is 6.07 Å². The van der Waals surface area contributed by atoms with E-state index in [0.717, 1.165) is 5.01 Å². The summed E-state index contributed by atoms with van der Waals surface area (Å²) in [6.07, 6.45) is 0.807. The summed E-state index contributed by atoms with van der Waals surface area (Å²) in [5, 5.41) is 31.5. The molecule has 40 heavy (non-hydrogen) atoms. The monoisotopic (exact) mass is 632 g/mol. The molecule has 2 aromatic heterocycles. The number of halogens is 2. The molecule has 0 fully saturated rings. The Kier molecular flexibility index (Phi) is 7.91. The Bertz CT molecular complexity index is 1640. The minimum absolute atomic E-state index is 0.0802. The highest BCUT2D eigenvalue weighted by molar-refractivity contribution is 8.01. The predicted octanol–water partition coefficient (Wildman–Crippen LogP) is 5.68. The first-order valence-corrected chi connectivity index (χ1v) is 15.3. The second-order valence-electron chi connectivity index (χ2n) is 9.94. The number of aryl methyl sites for hydroxylation is 1. The zero-order chi connectivity index (χ0) is 28.8. The number of carbonyl (C=O) groups excluding carboxylic acids is 2. The van der Waals surface area contributed by atoms with Crippen LogP contribution in [0.5, 0.6) is 0 Å². The van der Waals surface area contributed by atoms with Gasteiger partial charge in [0.15, 0.2) is 10.1 Å². The van der Waals surface area contributed by atoms with Crippen molar-refractivity contribution in [2.24, 2.45) is 11.1 Å². The molecule has 1 amide bonds. The molecule has 1 atom stereocenters. The van der Waals surface area contributed by atoms with Gasteiger partial charge in [-0.25, -0.2) is 0 Å². The molecule has 3 heterocycles. The fourth-order valence-corrected chi connectivity index (χ4v) is 7.47. The van der Waals surface area contributed by atoms with Crippen LogP contribution in [0, 0.1) is 23.7 Å². The lowest BCUT2D eigenvalue weighted by molar-refractivity contribution is -0.118. The van der Waals surface area contributed by atoms with Crippen LogP contribution in [-0.4, -0.2) is 37.8 Å². The van der Waals surface area contributed by atoms with Crippen molar-refractivity contribution < 1.29 is 9.59 Å². The number of Topliss-reactive ketones (excluding diaryl/α,β-unsaturated/α-hetero) is 1. The Morgan fingerprint density at radius 2 is 2.02 bits per heavy atom. The fraction of sp³-hybridized carbons (Fsp3) is 0.320. The number of hydrogen-bond donors (Lipinski definition) is 2. The number of aromatic nitrogens is 4. The summed E-state index contributed by atoms with van der Waals surface area (Å²) < 4.78 is 0.522. The molecule has 1 unspecified atom stereocenters. The summed E-state index contributed by atoms with van der Waals surface area (Å²) in [7, 11) is 0. The van der Waals surface area contributed by atoms with Gasteiger partial charge in [-0.1, -0.05) is 83.6 Å². The lowest BCUT2D eigenvalue weighted by atomic mass is 9.68. The first-order valence-electron chi connectivity index (χ1n) is 12.0. The van der Waals surface area contributed by atoms with Crippen molar-refractivity contribution >= 4 is 79.6 Å². The van der Waals surface area contributed by atoms with Gasteiger partial charge < -0.3 is 5.73 Å². The number of thioether (sulfide) groups is 1. The van der Waals surface area contributed by atoms with Gasteiger partial charge in [-0.3, -0.25) is 19.8 Å². The van der Waals surface area contributed by atoms with Crippen molar-refractivity contribution in [1.82, 2.24) is 20.4 Å². The number of benzene rings is 1. The molecular formula is C25H22Cl2N8O2S3. The predicted molar refractivity (Wildman–Crippen MR) is 157 cm³/mol. The number of ketones is 1. The first kappa shape index (κ1) is 28.5. The molecule has 3 aromatic rings. The van der Waals surface area contributed by atoms with Crippen LogP contribution in [-0.2, 0) is 9.59 Å². The number of nitrogens with one attached hydrogen (secondary N) is 1. The molecule has 0 saturated heterocycles. The number of nitrogens with zero attached hydrogens (tertiary/aromatic N) is 6. The summed E-state index contributed by atoms with van der Waals surface area (Å²) in [6, 6.07) is 7.34. The van der Waals surface area contributed by atoms with E-state index in [2.05, 4.69) is 31.8 Å². The minimum Gasteiger partial charge on any atom is -0.384 e. The minimum atomic E-state index is -0.763. The zero-order valence-electron chi connectivity index (χ0n) is 21.5. The molecule has 0 saturated carbocycles. The highest BCUT2D eigenvalue weighted by atomic mass is 35.5. The van der Waals surface area contributed by atoms with Gasteiger partial charge in [0.2, 0.25) is 16.2 Å². The maximum Gasteiger partial charge on any atom is 0.236 e. The van der Waals surface area contributed by atoms with E-state index in [-0.39, 0.29) is 39.3 Å². The van der Waals surface area contributed by atoms with Gasteiger partial charge in [0.25, 0.3) is 0 Å². The van der Waals surface area contributed by atoms with Gasteiger partial charge in [-0.15, -0.1) is 20.4 Å². The van der Waals surface area contributed by atoms with E-state index in [1.165, 1.54) is 34.4 Å². The van der Waals surface area contributed by atoms with Crippen molar-refractivity contribution in [3.05, 3.63) is 61.5 Å². The Morgan fingerprint density at radius 1 is 1.25 bits per heavy atom. The topological polar surface area (TPSA) is 151 Å². The maximum absolute atomic E-state index is 13.7. The molecule has 1 aromatic carbocycles. The molecule has 2 aliphatic rings. The van der Waals surface area contributed by atoms with Crippen LogP contribution in [0.3, 0.4) is 0 Å². The van der Waals surface area contributed by atoms with Crippen molar-refractivity contribution in [2.75, 3.05) is 16.0 Å². The normalized spacial score (nSPS) is 18.6. The number of amides is 1. The van der Waals surface area contributed by atoms with Crippen LogP contribution in [0.1, 0.15) is 43.2 Å². The number of anilines is 2. The van der Waals surface area contributed by atoms with Crippen molar-refractivity contribution in [2.45, 2.75) is 43.9 Å². The molecule has 3 N–H and O–H groups in total. The SMILES string of the molecule is Cc1nnc(NC(=O)CSc2nnc(N3C(N)=C(C#N)C(c4cccc(Cl)c4Cl)C4=C3CC(C)(C)CC4=O)s2)s1. The molecule has 1 aliphatic carbocycles. The van der Waals surface area contributed by atoms with Gasteiger partial charge in [0.05, 0.1) is 33.4 Å². The zero-order valence-corrected chi connectivity index (χ0v) is 25.4. The van der Waals surface area contributed by atoms with E-state index in [1.54, 1.807) is 30.0 Å². The van der Waals surface area contributed by atoms with Crippen LogP contribution >= 0.6 is 57.6 Å².